The molecule has 1 aromatic carbocycles. The van der Waals surface area contributed by atoms with E-state index in [-0.39, 0.29) is 23.0 Å². The third-order valence-corrected chi connectivity index (χ3v) is 2.14. The van der Waals surface area contributed by atoms with Gasteiger partial charge in [-0.25, -0.2) is 4.39 Å². The van der Waals surface area contributed by atoms with E-state index in [0.29, 0.717) is 0 Å². The van der Waals surface area contributed by atoms with Gasteiger partial charge in [-0.2, -0.15) is 0 Å². The summed E-state index contributed by atoms with van der Waals surface area (Å²) in [6.45, 7) is -0.151. The van der Waals surface area contributed by atoms with Crippen molar-refractivity contribution in [1.82, 2.24) is 5.32 Å². The molecule has 0 saturated carbocycles. The van der Waals surface area contributed by atoms with Gasteiger partial charge in [0.15, 0.2) is 5.84 Å². The highest BCUT2D eigenvalue weighted by Gasteiger charge is 2.13. The first-order valence-corrected chi connectivity index (χ1v) is 4.62. The summed E-state index contributed by atoms with van der Waals surface area (Å²) in [7, 11) is 0. The Morgan fingerprint density at radius 2 is 2.31 bits per heavy atom. The lowest BCUT2D eigenvalue weighted by atomic mass is 10.2. The number of benzene rings is 1. The zero-order valence-electron chi connectivity index (χ0n) is 8.08. The Morgan fingerprint density at radius 1 is 1.62 bits per heavy atom. The number of carbonyl (C=O) groups is 1. The van der Waals surface area contributed by atoms with Gasteiger partial charge >= 0.3 is 0 Å². The number of hydrogen-bond donors (Lipinski definition) is 3. The van der Waals surface area contributed by atoms with Crippen molar-refractivity contribution in [3.63, 3.8) is 0 Å². The second-order valence-electron chi connectivity index (χ2n) is 2.88. The number of hydrogen-bond acceptors (Lipinski definition) is 3. The van der Waals surface area contributed by atoms with Crippen molar-refractivity contribution in [2.45, 2.75) is 0 Å². The molecular formula is C9H9ClFN3O2. The predicted molar refractivity (Wildman–Crippen MR) is 57.2 cm³/mol. The number of rotatable bonds is 3. The molecule has 1 aromatic rings. The lowest BCUT2D eigenvalue weighted by Gasteiger charge is -2.05. The van der Waals surface area contributed by atoms with Crippen LogP contribution in [0.15, 0.2) is 23.4 Å². The van der Waals surface area contributed by atoms with Gasteiger partial charge in [-0.05, 0) is 12.1 Å². The van der Waals surface area contributed by atoms with Crippen molar-refractivity contribution >= 4 is 23.3 Å². The van der Waals surface area contributed by atoms with Gasteiger partial charge in [0.05, 0.1) is 17.1 Å². The van der Waals surface area contributed by atoms with Crippen molar-refractivity contribution in [3.8, 4) is 0 Å². The normalized spacial score (nSPS) is 11.2. The largest absolute Gasteiger partial charge is 0.409 e. The lowest BCUT2D eigenvalue weighted by molar-refractivity contribution is 0.0958. The molecule has 4 N–H and O–H groups in total. The number of amides is 1. The third-order valence-electron chi connectivity index (χ3n) is 1.75. The van der Waals surface area contributed by atoms with Crippen LogP contribution in [-0.4, -0.2) is 23.5 Å². The number of halogens is 2. The lowest BCUT2D eigenvalue weighted by Crippen LogP contribution is -2.33. The van der Waals surface area contributed by atoms with E-state index in [1.54, 1.807) is 0 Å². The molecule has 1 amide bonds. The van der Waals surface area contributed by atoms with Gasteiger partial charge < -0.3 is 16.3 Å². The molecule has 0 saturated heterocycles. The molecule has 5 nitrogen and oxygen atoms in total. The summed E-state index contributed by atoms with van der Waals surface area (Å²) in [4.78, 5) is 11.5. The van der Waals surface area contributed by atoms with Crippen LogP contribution in [0.1, 0.15) is 10.4 Å². The van der Waals surface area contributed by atoms with E-state index < -0.39 is 11.7 Å². The molecule has 0 aliphatic heterocycles. The SMILES string of the molecule is N/C(CNC(=O)c1cccc(F)c1Cl)=N/O. The third kappa shape index (κ3) is 2.83. The number of carbonyl (C=O) groups excluding carboxylic acids is 1. The van der Waals surface area contributed by atoms with Crippen molar-refractivity contribution in [1.29, 1.82) is 0 Å². The molecule has 0 unspecified atom stereocenters. The molecule has 0 atom stereocenters. The molecule has 0 spiro atoms. The molecule has 7 heteroatoms. The Labute approximate surface area is 95.7 Å². The van der Waals surface area contributed by atoms with Crippen LogP contribution >= 0.6 is 11.6 Å². The highest BCUT2D eigenvalue weighted by molar-refractivity contribution is 6.34. The molecule has 0 fully saturated rings. The molecule has 0 radical (unpaired) electrons. The fraction of sp³-hybridized carbons (Fsp3) is 0.111. The number of nitrogens with one attached hydrogen (secondary N) is 1. The Balaban J connectivity index is 2.78. The maximum absolute atomic E-state index is 13.0. The topological polar surface area (TPSA) is 87.7 Å². The molecule has 16 heavy (non-hydrogen) atoms. The van der Waals surface area contributed by atoms with Crippen molar-refractivity contribution in [2.24, 2.45) is 10.9 Å². The molecule has 0 aliphatic carbocycles. The zero-order valence-corrected chi connectivity index (χ0v) is 8.83. The van der Waals surface area contributed by atoms with E-state index in [2.05, 4.69) is 10.5 Å². The quantitative estimate of drug-likeness (QED) is 0.321. The van der Waals surface area contributed by atoms with Crippen LogP contribution in [0.3, 0.4) is 0 Å². The molecule has 0 bridgehead atoms. The Hall–Kier alpha value is -1.82. The van der Waals surface area contributed by atoms with Crippen LogP contribution in [0, 0.1) is 5.82 Å². The average molecular weight is 246 g/mol. The maximum Gasteiger partial charge on any atom is 0.253 e. The van der Waals surface area contributed by atoms with Crippen LogP contribution in [0.5, 0.6) is 0 Å². The van der Waals surface area contributed by atoms with Crippen LogP contribution < -0.4 is 11.1 Å². The first-order valence-electron chi connectivity index (χ1n) is 4.25. The first kappa shape index (κ1) is 12.3. The molecule has 86 valence electrons. The van der Waals surface area contributed by atoms with Crippen LogP contribution in [0.25, 0.3) is 0 Å². The zero-order chi connectivity index (χ0) is 12.1. The minimum absolute atomic E-state index is 0.00703. The summed E-state index contributed by atoms with van der Waals surface area (Å²) in [5.74, 6) is -1.45. The van der Waals surface area contributed by atoms with E-state index >= 15 is 0 Å². The van der Waals surface area contributed by atoms with Crippen molar-refractivity contribution in [2.75, 3.05) is 6.54 Å². The second-order valence-corrected chi connectivity index (χ2v) is 3.25. The van der Waals surface area contributed by atoms with Gasteiger partial charge in [-0.15, -0.1) is 0 Å². The van der Waals surface area contributed by atoms with Gasteiger partial charge in [0, 0.05) is 0 Å². The van der Waals surface area contributed by atoms with Gasteiger partial charge in [0.2, 0.25) is 0 Å². The molecular weight excluding hydrogens is 237 g/mol. The molecule has 0 aliphatic rings. The number of nitrogens with two attached hydrogens (primary N) is 1. The van der Waals surface area contributed by atoms with Gasteiger partial charge in [-0.1, -0.05) is 22.8 Å². The molecule has 1 rings (SSSR count). The van der Waals surface area contributed by atoms with Gasteiger partial charge in [0.1, 0.15) is 5.82 Å². The van der Waals surface area contributed by atoms with Gasteiger partial charge in [-0.3, -0.25) is 4.79 Å². The van der Waals surface area contributed by atoms with E-state index in [4.69, 9.17) is 22.5 Å². The Bertz CT molecular complexity index is 437. The molecule has 0 aromatic heterocycles. The predicted octanol–water partition coefficient (Wildman–Crippen LogP) is 0.955. The summed E-state index contributed by atoms with van der Waals surface area (Å²) in [6.07, 6.45) is 0. The van der Waals surface area contributed by atoms with Crippen molar-refractivity contribution in [3.05, 3.63) is 34.6 Å². The fourth-order valence-electron chi connectivity index (χ4n) is 0.981. The highest BCUT2D eigenvalue weighted by atomic mass is 35.5. The maximum atomic E-state index is 13.0. The summed E-state index contributed by atoms with van der Waals surface area (Å²) in [5.41, 5.74) is 5.14. The monoisotopic (exact) mass is 245 g/mol. The number of nitrogens with zero attached hydrogens (tertiary/aromatic N) is 1. The van der Waals surface area contributed by atoms with Crippen molar-refractivity contribution < 1.29 is 14.4 Å². The van der Waals surface area contributed by atoms with E-state index in [9.17, 15) is 9.18 Å². The van der Waals surface area contributed by atoms with E-state index in [1.807, 2.05) is 0 Å². The standard InChI is InChI=1S/C9H9ClFN3O2/c10-8-5(2-1-3-6(8)11)9(15)13-4-7(12)14-16/h1-3,16H,4H2,(H2,12,14)(H,13,15). The Kier molecular flexibility index (Phi) is 4.07. The summed E-state index contributed by atoms with van der Waals surface area (Å²) >= 11 is 5.59. The molecule has 0 heterocycles. The van der Waals surface area contributed by atoms with Gasteiger partial charge in [0.25, 0.3) is 5.91 Å². The second kappa shape index (κ2) is 5.32. The minimum Gasteiger partial charge on any atom is -0.409 e. The van der Waals surface area contributed by atoms with E-state index in [1.165, 1.54) is 12.1 Å². The Morgan fingerprint density at radius 3 is 2.94 bits per heavy atom. The average Bonchev–Trinajstić information content (AvgIpc) is 2.29. The van der Waals surface area contributed by atoms with Crippen LogP contribution in [0.4, 0.5) is 4.39 Å². The van der Waals surface area contributed by atoms with E-state index in [0.717, 1.165) is 6.07 Å². The summed E-state index contributed by atoms with van der Waals surface area (Å²) < 4.78 is 13.0. The smallest absolute Gasteiger partial charge is 0.253 e. The summed E-state index contributed by atoms with van der Waals surface area (Å²) in [6, 6.07) is 3.87. The summed E-state index contributed by atoms with van der Waals surface area (Å²) in [5, 5.41) is 13.0. The number of amidine groups is 1. The fourth-order valence-corrected chi connectivity index (χ4v) is 1.19. The minimum atomic E-state index is -0.682. The number of oxime groups is 1. The highest BCUT2D eigenvalue weighted by Crippen LogP contribution is 2.19. The van der Waals surface area contributed by atoms with Crippen LogP contribution in [-0.2, 0) is 0 Å². The first-order chi connectivity index (χ1) is 7.56. The van der Waals surface area contributed by atoms with Crippen LogP contribution in [0.2, 0.25) is 5.02 Å².